The van der Waals surface area contributed by atoms with E-state index in [2.05, 4.69) is 340 Å². The molecule has 0 atom stereocenters. The second kappa shape index (κ2) is 43.7. The molecular formula is C100H112F3Ir2N5O5SSi5-4. The van der Waals surface area contributed by atoms with Gasteiger partial charge in [-0.25, -0.2) is 0 Å². The maximum absolute atomic E-state index is 10.7. The van der Waals surface area contributed by atoms with Crippen molar-refractivity contribution in [3.05, 3.63) is 315 Å². The predicted octanol–water partition coefficient (Wildman–Crippen LogP) is 23.7. The third kappa shape index (κ3) is 26.2. The number of rotatable bonds is 10. The number of halogens is 3. The Bertz CT molecular complexity index is 5670. The fourth-order valence-electron chi connectivity index (χ4n) is 13.7. The Kier molecular flexibility index (Phi) is 36.3. The van der Waals surface area contributed by atoms with Crippen molar-refractivity contribution < 1.29 is 78.0 Å². The number of pyridine rings is 5. The Morgan fingerprint density at radius 2 is 0.587 bits per heavy atom. The molecule has 5 heterocycles. The standard InChI is InChI=1S/C27H25NSi.C27H24NSi.3C14H16NSi.CHF3O3S.2CH4O.CH4.2Ir.H2/c2*1-18-15-26(28-17-27(18)29(2,3)4)19-13-14-24-22-11-6-5-9-20(22)21-10-7-8-12-23(21)25(24)16-19;3*1-16(2,3)13-9-10-14(15-11-13)12-7-5-4-6-8-12;2-1(3,4)8(5,6)7;2*1-2;;;;/h5-17H,1-4H3;5-12,14-17H,1-4H3;3*4-7,9-11H,1-3H3;(H,5,6,7);2*2H,1H3;1H4;;;1H/q;4*-1;;;;;;;. The van der Waals surface area contributed by atoms with Crippen LogP contribution in [0.3, 0.4) is 0 Å². The van der Waals surface area contributed by atoms with E-state index in [-0.39, 0.29) is 49.1 Å². The molecule has 21 heteroatoms. The third-order valence-corrected chi connectivity index (χ3v) is 30.9. The average molecular weight is 2080 g/mol. The first-order chi connectivity index (χ1) is 55.8. The van der Waals surface area contributed by atoms with Crippen molar-refractivity contribution in [2.24, 2.45) is 0 Å². The van der Waals surface area contributed by atoms with Gasteiger partial charge in [0, 0.05) is 92.4 Å². The monoisotopic (exact) mass is 2080 g/mol. The van der Waals surface area contributed by atoms with E-state index in [1.54, 1.807) is 0 Å². The van der Waals surface area contributed by atoms with Gasteiger partial charge in [0.05, 0.1) is 46.1 Å². The molecule has 121 heavy (non-hydrogen) atoms. The van der Waals surface area contributed by atoms with Gasteiger partial charge in [-0.2, -0.15) is 21.6 Å². The van der Waals surface area contributed by atoms with Crippen molar-refractivity contribution in [1.29, 1.82) is 0 Å². The smallest absolute Gasteiger partial charge is 0.400 e. The molecule has 10 nitrogen and oxygen atoms in total. The first kappa shape index (κ1) is 101. The van der Waals surface area contributed by atoms with Gasteiger partial charge in [-0.3, -0.25) is 9.54 Å². The van der Waals surface area contributed by atoms with Crippen LogP contribution in [-0.4, -0.2) is 108 Å². The summed E-state index contributed by atoms with van der Waals surface area (Å²) >= 11 is 0. The molecular weight excluding hydrogens is 1970 g/mol. The largest absolute Gasteiger partial charge is 0.522 e. The van der Waals surface area contributed by atoms with Gasteiger partial charge in [-0.15, -0.1) is 131 Å². The zero-order valence-electron chi connectivity index (χ0n) is 71.7. The number of fused-ring (bicyclic) bond motifs is 12. The summed E-state index contributed by atoms with van der Waals surface area (Å²) < 4.78 is 57.5. The SMILES string of the molecule is C.CO.CO.C[Si](C)(C)c1ccc(-c2[c-]cccc2)nc1.C[Si](C)(C)c1ccc(-c2[c-]cccc2)nc1.C[Si](C)(C)c1ccc(-c2[c-]cccc2)nc1.Cc1cc(-c2[c-]cc3c4ccccc4c4ccccc4c3c2)ncc1[Si](C)(C)C.Cc1cc(-c2ccc3c4ccccc4c4ccccc4c3c2)ncc1[Si](C)(C)C.O=S(=O)(O)C(F)(F)F.[HH].[Ir].[Ir]. The molecule has 0 aliphatic rings. The molecule has 0 aliphatic carbocycles. The van der Waals surface area contributed by atoms with Crippen LogP contribution in [0.15, 0.2) is 280 Å². The van der Waals surface area contributed by atoms with E-state index in [1.165, 1.54) is 107 Å². The number of aromatic nitrogens is 5. The van der Waals surface area contributed by atoms with Crippen LogP contribution in [0.1, 0.15) is 20.0 Å². The van der Waals surface area contributed by atoms with Gasteiger partial charge in [0.25, 0.3) is 0 Å². The van der Waals surface area contributed by atoms with Crippen molar-refractivity contribution in [3.63, 3.8) is 0 Å². The fourth-order valence-corrected chi connectivity index (χ4v) is 20.2. The molecule has 0 aliphatic heterocycles. The number of alkyl halides is 3. The third-order valence-electron chi connectivity index (χ3n) is 20.0. The van der Waals surface area contributed by atoms with E-state index in [1.807, 2.05) is 91.4 Å². The molecule has 636 valence electrons. The summed E-state index contributed by atoms with van der Waals surface area (Å²) in [6.45, 7) is 39.7. The van der Waals surface area contributed by atoms with Gasteiger partial charge in [0.15, 0.2) is 0 Å². The van der Waals surface area contributed by atoms with E-state index in [0.29, 0.717) is 0 Å². The van der Waals surface area contributed by atoms with Gasteiger partial charge >= 0.3 is 15.6 Å². The van der Waals surface area contributed by atoms with E-state index < -0.39 is 56.0 Å². The molecule has 11 aromatic carbocycles. The van der Waals surface area contributed by atoms with Crippen LogP contribution in [0.2, 0.25) is 98.2 Å². The number of hydrogen-bond acceptors (Lipinski definition) is 9. The van der Waals surface area contributed by atoms with Crippen molar-refractivity contribution >= 4 is 141 Å². The second-order valence-electron chi connectivity index (χ2n) is 33.7. The van der Waals surface area contributed by atoms with Crippen molar-refractivity contribution in [2.45, 2.75) is 125 Å². The zero-order chi connectivity index (χ0) is 86.1. The van der Waals surface area contributed by atoms with Crippen LogP contribution in [0.25, 0.3) is 121 Å². The number of aliphatic hydroxyl groups excluding tert-OH is 2. The second-order valence-corrected chi connectivity index (χ2v) is 60.4. The van der Waals surface area contributed by atoms with Crippen molar-refractivity contribution in [1.82, 2.24) is 24.9 Å². The van der Waals surface area contributed by atoms with E-state index >= 15 is 0 Å². The van der Waals surface area contributed by atoms with Crippen molar-refractivity contribution in [2.75, 3.05) is 14.2 Å². The van der Waals surface area contributed by atoms with E-state index in [9.17, 15) is 13.2 Å². The van der Waals surface area contributed by atoms with Gasteiger partial charge in [-0.1, -0.05) is 279 Å². The molecule has 16 rings (SSSR count). The van der Waals surface area contributed by atoms with Crippen molar-refractivity contribution in [3.8, 4) is 56.3 Å². The number of nitrogens with zero attached hydrogens (tertiary/aromatic N) is 5. The van der Waals surface area contributed by atoms with Crippen LogP contribution in [0.5, 0.6) is 0 Å². The minimum Gasteiger partial charge on any atom is -0.400 e. The quantitative estimate of drug-likeness (QED) is 0.0395. The summed E-state index contributed by atoms with van der Waals surface area (Å²) in [5.74, 6) is 0. The Labute approximate surface area is 748 Å². The number of aryl methyl sites for hydroxylation is 2. The van der Waals surface area contributed by atoms with E-state index in [0.717, 1.165) is 64.9 Å². The molecule has 5 aromatic heterocycles. The summed E-state index contributed by atoms with van der Waals surface area (Å²) in [5.41, 5.74) is 7.65. The number of hydrogen-bond donors (Lipinski definition) is 3. The molecule has 0 fully saturated rings. The normalized spacial score (nSPS) is 11.4. The van der Waals surface area contributed by atoms with Crippen LogP contribution in [0.4, 0.5) is 13.2 Å². The molecule has 0 saturated carbocycles. The van der Waals surface area contributed by atoms with Crippen LogP contribution >= 0.6 is 0 Å². The zero-order valence-corrected chi connectivity index (χ0v) is 82.3. The minimum absolute atomic E-state index is 0. The molecule has 3 N–H and O–H groups in total. The maximum atomic E-state index is 10.7. The van der Waals surface area contributed by atoms with Crippen LogP contribution < -0.4 is 25.9 Å². The first-order valence-electron chi connectivity index (χ1n) is 39.1. The summed E-state index contributed by atoms with van der Waals surface area (Å²) in [7, 11) is -10.3. The molecule has 0 unspecified atom stereocenters. The molecule has 16 aromatic rings. The predicted molar refractivity (Wildman–Crippen MR) is 516 cm³/mol. The molecule has 0 spiro atoms. The van der Waals surface area contributed by atoms with Gasteiger partial charge in [-0.05, 0) is 129 Å². The Morgan fingerprint density at radius 1 is 0.314 bits per heavy atom. The van der Waals surface area contributed by atoms with Gasteiger partial charge in [0.1, 0.15) is 0 Å². The minimum atomic E-state index is -5.84. The molecule has 2 radical (unpaired) electrons. The summed E-state index contributed by atoms with van der Waals surface area (Å²) in [5, 5.41) is 36.6. The van der Waals surface area contributed by atoms with Gasteiger partial charge < -0.3 is 30.1 Å². The number of benzene rings is 11. The Morgan fingerprint density at radius 3 is 0.860 bits per heavy atom. The van der Waals surface area contributed by atoms with Crippen LogP contribution in [-0.2, 0) is 50.3 Å². The topological polar surface area (TPSA) is 159 Å². The number of aliphatic hydroxyl groups is 2. The fraction of sp³-hybridized carbons (Fsp3) is 0.210. The molecule has 0 saturated heterocycles. The maximum Gasteiger partial charge on any atom is 0.522 e. The van der Waals surface area contributed by atoms with Crippen LogP contribution in [0, 0.1) is 38.1 Å². The van der Waals surface area contributed by atoms with Gasteiger partial charge in [0.2, 0.25) is 0 Å². The molecule has 0 bridgehead atoms. The van der Waals surface area contributed by atoms with E-state index in [4.69, 9.17) is 33.2 Å². The average Bonchev–Trinajstić information content (AvgIpc) is 0.745. The Hall–Kier alpha value is -9.27. The summed E-state index contributed by atoms with van der Waals surface area (Å²) in [6, 6.07) is 100. The summed E-state index contributed by atoms with van der Waals surface area (Å²) in [4.78, 5) is 23.2. The summed E-state index contributed by atoms with van der Waals surface area (Å²) in [6.07, 6.45) is 10.3. The first-order valence-corrected chi connectivity index (χ1v) is 58.0. The Balaban J connectivity index is 0.000000266. The molecule has 0 amide bonds.